The lowest BCUT2D eigenvalue weighted by atomic mass is 10.3. The second kappa shape index (κ2) is 6.62. The summed E-state index contributed by atoms with van der Waals surface area (Å²) >= 11 is 5.88. The molecule has 2 N–H and O–H groups in total. The Kier molecular flexibility index (Phi) is 4.39. The van der Waals surface area contributed by atoms with E-state index < -0.39 is 0 Å². The Morgan fingerprint density at radius 1 is 0.826 bits per heavy atom. The first-order valence-electron chi connectivity index (χ1n) is 6.99. The number of benzene rings is 2. The zero-order valence-electron chi connectivity index (χ0n) is 12.3. The highest BCUT2D eigenvalue weighted by atomic mass is 35.5. The number of halogens is 2. The van der Waals surface area contributed by atoms with E-state index >= 15 is 0 Å². The van der Waals surface area contributed by atoms with Gasteiger partial charge < -0.3 is 10.6 Å². The van der Waals surface area contributed by atoms with Crippen molar-refractivity contribution in [2.45, 2.75) is 6.92 Å². The lowest BCUT2D eigenvalue weighted by Gasteiger charge is -2.10. The molecule has 0 aliphatic carbocycles. The zero-order valence-corrected chi connectivity index (χ0v) is 13.1. The molecule has 6 heteroatoms. The van der Waals surface area contributed by atoms with Crippen LogP contribution in [-0.4, -0.2) is 9.97 Å². The van der Waals surface area contributed by atoms with E-state index in [9.17, 15) is 4.39 Å². The first kappa shape index (κ1) is 15.2. The number of nitrogens with one attached hydrogen (secondary N) is 2. The molecule has 4 nitrogen and oxygen atoms in total. The molecule has 0 unspecified atom stereocenters. The van der Waals surface area contributed by atoms with Crippen LogP contribution in [0.4, 0.5) is 27.4 Å². The monoisotopic (exact) mass is 328 g/mol. The third-order valence-corrected chi connectivity index (χ3v) is 3.32. The summed E-state index contributed by atoms with van der Waals surface area (Å²) in [6.07, 6.45) is 0. The lowest BCUT2D eigenvalue weighted by molar-refractivity contribution is 0.628. The van der Waals surface area contributed by atoms with E-state index in [0.717, 1.165) is 11.4 Å². The predicted octanol–water partition coefficient (Wildman–Crippen LogP) is 5.06. The standard InChI is InChI=1S/C17H14ClFN4/c1-11-20-16(22-14-6-2-12(18)3-7-14)10-17(21-11)23-15-8-4-13(19)5-9-15/h2-10H,1H3,(H2,20,21,22,23). The Labute approximate surface area is 138 Å². The fourth-order valence-electron chi connectivity index (χ4n) is 2.06. The van der Waals surface area contributed by atoms with E-state index in [1.807, 2.05) is 19.1 Å². The molecule has 0 atom stereocenters. The first-order chi connectivity index (χ1) is 11.1. The van der Waals surface area contributed by atoms with Crippen LogP contribution in [0.5, 0.6) is 0 Å². The van der Waals surface area contributed by atoms with E-state index in [-0.39, 0.29) is 5.82 Å². The van der Waals surface area contributed by atoms with Gasteiger partial charge in [-0.15, -0.1) is 0 Å². The van der Waals surface area contributed by atoms with Gasteiger partial charge in [-0.1, -0.05) is 11.6 Å². The highest BCUT2D eigenvalue weighted by molar-refractivity contribution is 6.30. The maximum absolute atomic E-state index is 13.0. The smallest absolute Gasteiger partial charge is 0.136 e. The number of aryl methyl sites for hydroxylation is 1. The fourth-order valence-corrected chi connectivity index (χ4v) is 2.18. The van der Waals surface area contributed by atoms with E-state index in [0.29, 0.717) is 22.5 Å². The van der Waals surface area contributed by atoms with Gasteiger partial charge in [-0.05, 0) is 55.5 Å². The normalized spacial score (nSPS) is 10.4. The summed E-state index contributed by atoms with van der Waals surface area (Å²) in [5.74, 6) is 1.62. The Morgan fingerprint density at radius 3 is 1.83 bits per heavy atom. The van der Waals surface area contributed by atoms with Gasteiger partial charge in [0.1, 0.15) is 23.3 Å². The van der Waals surface area contributed by atoms with Crippen LogP contribution in [0.2, 0.25) is 5.02 Å². The fraction of sp³-hybridized carbons (Fsp3) is 0.0588. The summed E-state index contributed by atoms with van der Waals surface area (Å²) < 4.78 is 13.0. The number of hydrogen-bond donors (Lipinski definition) is 2. The van der Waals surface area contributed by atoms with Crippen LogP contribution in [-0.2, 0) is 0 Å². The van der Waals surface area contributed by atoms with E-state index in [1.54, 1.807) is 30.3 Å². The maximum atomic E-state index is 13.0. The zero-order chi connectivity index (χ0) is 16.2. The van der Waals surface area contributed by atoms with Gasteiger partial charge >= 0.3 is 0 Å². The van der Waals surface area contributed by atoms with E-state index in [4.69, 9.17) is 11.6 Å². The molecule has 1 heterocycles. The third kappa shape index (κ3) is 4.17. The van der Waals surface area contributed by atoms with Crippen molar-refractivity contribution in [3.8, 4) is 0 Å². The minimum atomic E-state index is -0.278. The number of rotatable bonds is 4. The molecule has 0 spiro atoms. The van der Waals surface area contributed by atoms with E-state index in [1.165, 1.54) is 12.1 Å². The Balaban J connectivity index is 1.81. The van der Waals surface area contributed by atoms with Crippen LogP contribution < -0.4 is 10.6 Å². The SMILES string of the molecule is Cc1nc(Nc2ccc(F)cc2)cc(Nc2ccc(Cl)cc2)n1. The molecule has 0 radical (unpaired) electrons. The second-order valence-electron chi connectivity index (χ2n) is 4.95. The summed E-state index contributed by atoms with van der Waals surface area (Å²) in [5, 5.41) is 7.00. The predicted molar refractivity (Wildman–Crippen MR) is 91.2 cm³/mol. The van der Waals surface area contributed by atoms with Crippen molar-refractivity contribution in [1.29, 1.82) is 0 Å². The highest BCUT2D eigenvalue weighted by Gasteiger charge is 2.04. The maximum Gasteiger partial charge on any atom is 0.136 e. The second-order valence-corrected chi connectivity index (χ2v) is 5.39. The van der Waals surface area contributed by atoms with Gasteiger partial charge in [0.05, 0.1) is 0 Å². The van der Waals surface area contributed by atoms with E-state index in [2.05, 4.69) is 20.6 Å². The number of aromatic nitrogens is 2. The van der Waals surface area contributed by atoms with Crippen LogP contribution in [0, 0.1) is 12.7 Å². The molecule has 1 aromatic heterocycles. The molecule has 116 valence electrons. The molecule has 0 bridgehead atoms. The van der Waals surface area contributed by atoms with Crippen LogP contribution >= 0.6 is 11.6 Å². The molecule has 23 heavy (non-hydrogen) atoms. The van der Waals surface area contributed by atoms with Crippen molar-refractivity contribution < 1.29 is 4.39 Å². The number of hydrogen-bond acceptors (Lipinski definition) is 4. The average Bonchev–Trinajstić information content (AvgIpc) is 2.51. The largest absolute Gasteiger partial charge is 0.340 e. The van der Waals surface area contributed by atoms with Crippen molar-refractivity contribution >= 4 is 34.6 Å². The summed E-state index contributed by atoms with van der Waals surface area (Å²) in [7, 11) is 0. The molecule has 0 amide bonds. The molecule has 0 saturated carbocycles. The van der Waals surface area contributed by atoms with Crippen LogP contribution in [0.3, 0.4) is 0 Å². The van der Waals surface area contributed by atoms with Crippen molar-refractivity contribution in [2.75, 3.05) is 10.6 Å². The van der Waals surface area contributed by atoms with Gasteiger partial charge in [0.15, 0.2) is 0 Å². The minimum absolute atomic E-state index is 0.278. The summed E-state index contributed by atoms with van der Waals surface area (Å²) in [6.45, 7) is 1.81. The van der Waals surface area contributed by atoms with Gasteiger partial charge in [0, 0.05) is 22.5 Å². The Bertz CT molecular complexity index is 738. The minimum Gasteiger partial charge on any atom is -0.340 e. The molecule has 3 rings (SSSR count). The van der Waals surface area contributed by atoms with Crippen molar-refractivity contribution in [3.63, 3.8) is 0 Å². The Morgan fingerprint density at radius 2 is 1.30 bits per heavy atom. The van der Waals surface area contributed by atoms with Gasteiger partial charge in [-0.25, -0.2) is 14.4 Å². The Hall–Kier alpha value is -2.66. The molecular weight excluding hydrogens is 315 g/mol. The third-order valence-electron chi connectivity index (χ3n) is 3.07. The van der Waals surface area contributed by atoms with Crippen LogP contribution in [0.1, 0.15) is 5.82 Å². The van der Waals surface area contributed by atoms with Crippen molar-refractivity contribution in [3.05, 3.63) is 71.3 Å². The number of nitrogens with zero attached hydrogens (tertiary/aromatic N) is 2. The molecule has 0 aliphatic rings. The molecular formula is C17H14ClFN4. The van der Waals surface area contributed by atoms with Crippen LogP contribution in [0.25, 0.3) is 0 Å². The lowest BCUT2D eigenvalue weighted by Crippen LogP contribution is -2.01. The van der Waals surface area contributed by atoms with Crippen molar-refractivity contribution in [2.24, 2.45) is 0 Å². The van der Waals surface area contributed by atoms with Crippen LogP contribution in [0.15, 0.2) is 54.6 Å². The molecule has 0 aliphatic heterocycles. The number of anilines is 4. The quantitative estimate of drug-likeness (QED) is 0.702. The summed E-state index contributed by atoms with van der Waals surface area (Å²) in [6, 6.07) is 15.2. The van der Waals surface area contributed by atoms with Gasteiger partial charge in [-0.3, -0.25) is 0 Å². The molecule has 2 aromatic carbocycles. The summed E-state index contributed by atoms with van der Waals surface area (Å²) in [5.41, 5.74) is 1.63. The topological polar surface area (TPSA) is 49.8 Å². The highest BCUT2D eigenvalue weighted by Crippen LogP contribution is 2.21. The van der Waals surface area contributed by atoms with Crippen molar-refractivity contribution in [1.82, 2.24) is 9.97 Å². The molecule has 3 aromatic rings. The van der Waals surface area contributed by atoms with Gasteiger partial charge in [0.25, 0.3) is 0 Å². The summed E-state index contributed by atoms with van der Waals surface area (Å²) in [4.78, 5) is 8.68. The van der Waals surface area contributed by atoms with Gasteiger partial charge in [0.2, 0.25) is 0 Å². The first-order valence-corrected chi connectivity index (χ1v) is 7.37. The molecule has 0 saturated heterocycles. The van der Waals surface area contributed by atoms with Gasteiger partial charge in [-0.2, -0.15) is 0 Å². The molecule has 0 fully saturated rings. The average molecular weight is 329 g/mol.